The van der Waals surface area contributed by atoms with Crippen LogP contribution in [-0.4, -0.2) is 33.1 Å². The first-order valence-electron chi connectivity index (χ1n) is 5.32. The van der Waals surface area contributed by atoms with Crippen LogP contribution < -0.4 is 10.5 Å². The van der Waals surface area contributed by atoms with E-state index in [1.165, 1.54) is 0 Å². The first-order valence-corrected chi connectivity index (χ1v) is 6.90. The van der Waals surface area contributed by atoms with E-state index in [1.54, 1.807) is 6.21 Å². The highest BCUT2D eigenvalue weighted by atomic mass is 79.9. The molecule has 0 unspecified atom stereocenters. The Balaban J connectivity index is 2.38. The van der Waals surface area contributed by atoms with Crippen LogP contribution in [-0.2, 0) is 0 Å². The van der Waals surface area contributed by atoms with E-state index in [1.807, 2.05) is 19.1 Å². The van der Waals surface area contributed by atoms with Gasteiger partial charge in [0.25, 0.3) is 5.95 Å². The van der Waals surface area contributed by atoms with Crippen molar-refractivity contribution in [1.29, 1.82) is 0 Å². The van der Waals surface area contributed by atoms with E-state index in [0.717, 1.165) is 19.3 Å². The molecule has 0 aliphatic carbocycles. The molecular weight excluding hydrogens is 380 g/mol. The Morgan fingerprint density at radius 3 is 2.89 bits per heavy atom. The minimum atomic E-state index is 0.114. The van der Waals surface area contributed by atoms with E-state index < -0.39 is 0 Å². The lowest BCUT2D eigenvalue weighted by Gasteiger charge is -2.09. The Morgan fingerprint density at radius 2 is 2.26 bits per heavy atom. The molecule has 0 saturated carbocycles. The van der Waals surface area contributed by atoms with Gasteiger partial charge in [-0.05, 0) is 45.4 Å². The third-order valence-electron chi connectivity index (χ3n) is 2.11. The number of ether oxygens (including phenoxy) is 1. The van der Waals surface area contributed by atoms with Gasteiger partial charge in [0.15, 0.2) is 0 Å². The van der Waals surface area contributed by atoms with E-state index in [9.17, 15) is 0 Å². The van der Waals surface area contributed by atoms with Crippen molar-refractivity contribution in [2.75, 3.05) is 12.3 Å². The minimum absolute atomic E-state index is 0.114. The molecule has 0 amide bonds. The summed E-state index contributed by atoms with van der Waals surface area (Å²) in [5.74, 6) is 0.810. The number of hydrogen-bond donors (Lipinski definition) is 1. The highest BCUT2D eigenvalue weighted by molar-refractivity contribution is 9.11. The molecular formula is C10H10Br2N6O. The van der Waals surface area contributed by atoms with Crippen molar-refractivity contribution in [3.8, 4) is 5.75 Å². The summed E-state index contributed by atoms with van der Waals surface area (Å²) >= 11 is 6.86. The molecule has 0 aliphatic heterocycles. The lowest BCUT2D eigenvalue weighted by atomic mass is 10.2. The Morgan fingerprint density at radius 1 is 1.47 bits per heavy atom. The van der Waals surface area contributed by atoms with Crippen LogP contribution in [0.15, 0.2) is 26.2 Å². The van der Waals surface area contributed by atoms with Gasteiger partial charge in [-0.2, -0.15) is 5.10 Å². The van der Waals surface area contributed by atoms with E-state index >= 15 is 0 Å². The predicted molar refractivity (Wildman–Crippen MR) is 78.2 cm³/mol. The van der Waals surface area contributed by atoms with E-state index in [4.69, 9.17) is 10.5 Å². The standard InChI is InChI=1S/C10H10Br2N6O/c1-2-19-9-6(3-7(11)4-8(9)12)5-14-18-10(13)15-16-17-18/h3-5H,2H2,1H3,(H2,13,15,17). The molecule has 7 nitrogen and oxygen atoms in total. The topological polar surface area (TPSA) is 91.2 Å². The first-order chi connectivity index (χ1) is 9.11. The molecule has 0 saturated heterocycles. The number of rotatable bonds is 4. The zero-order chi connectivity index (χ0) is 13.8. The summed E-state index contributed by atoms with van der Waals surface area (Å²) in [6, 6.07) is 3.77. The monoisotopic (exact) mass is 388 g/mol. The molecule has 2 aromatic rings. The number of hydrogen-bond acceptors (Lipinski definition) is 6. The normalized spacial score (nSPS) is 11.1. The number of benzene rings is 1. The molecule has 2 rings (SSSR count). The van der Waals surface area contributed by atoms with Gasteiger partial charge in [0, 0.05) is 10.0 Å². The van der Waals surface area contributed by atoms with Gasteiger partial charge in [-0.3, -0.25) is 0 Å². The third-order valence-corrected chi connectivity index (χ3v) is 3.16. The average molecular weight is 390 g/mol. The molecule has 0 spiro atoms. The lowest BCUT2D eigenvalue weighted by Crippen LogP contribution is -2.01. The fourth-order valence-corrected chi connectivity index (χ4v) is 2.73. The van der Waals surface area contributed by atoms with Crippen LogP contribution >= 0.6 is 31.9 Å². The van der Waals surface area contributed by atoms with Crippen molar-refractivity contribution in [3.05, 3.63) is 26.6 Å². The molecule has 1 heterocycles. The van der Waals surface area contributed by atoms with Crippen LogP contribution in [0, 0.1) is 0 Å². The summed E-state index contributed by atoms with van der Waals surface area (Å²) in [7, 11) is 0. The summed E-state index contributed by atoms with van der Waals surface area (Å²) < 4.78 is 7.30. The quantitative estimate of drug-likeness (QED) is 0.808. The first kappa shape index (κ1) is 13.9. The van der Waals surface area contributed by atoms with Crippen LogP contribution in [0.1, 0.15) is 12.5 Å². The zero-order valence-electron chi connectivity index (χ0n) is 9.92. The third kappa shape index (κ3) is 3.29. The summed E-state index contributed by atoms with van der Waals surface area (Å²) in [5.41, 5.74) is 6.30. The Labute approximate surface area is 126 Å². The maximum Gasteiger partial charge on any atom is 0.263 e. The number of nitrogens with zero attached hydrogens (tertiary/aromatic N) is 5. The number of nitrogen functional groups attached to an aromatic ring is 1. The molecule has 9 heteroatoms. The van der Waals surface area contributed by atoms with Gasteiger partial charge >= 0.3 is 0 Å². The molecule has 0 atom stereocenters. The Kier molecular flexibility index (Phi) is 4.48. The largest absolute Gasteiger partial charge is 0.492 e. The SMILES string of the molecule is CCOc1c(Br)cc(Br)cc1C=Nn1nnnc1N. The second-order valence-corrected chi connectivity index (χ2v) is 5.18. The summed E-state index contributed by atoms with van der Waals surface area (Å²) in [6.45, 7) is 2.46. The average Bonchev–Trinajstić information content (AvgIpc) is 2.76. The lowest BCUT2D eigenvalue weighted by molar-refractivity contribution is 0.337. The fraction of sp³-hybridized carbons (Fsp3) is 0.200. The molecule has 19 heavy (non-hydrogen) atoms. The van der Waals surface area contributed by atoms with Crippen LogP contribution in [0.5, 0.6) is 5.75 Å². The van der Waals surface area contributed by atoms with E-state index in [2.05, 4.69) is 52.5 Å². The van der Waals surface area contributed by atoms with Gasteiger partial charge in [0.2, 0.25) is 0 Å². The number of halogens is 2. The molecule has 100 valence electrons. The molecule has 1 aromatic carbocycles. The van der Waals surface area contributed by atoms with Crippen LogP contribution in [0.3, 0.4) is 0 Å². The summed E-state index contributed by atoms with van der Waals surface area (Å²) in [6.07, 6.45) is 1.58. The van der Waals surface area contributed by atoms with Crippen LogP contribution in [0.2, 0.25) is 0 Å². The minimum Gasteiger partial charge on any atom is -0.492 e. The fourth-order valence-electron chi connectivity index (χ4n) is 1.36. The number of tetrazole rings is 1. The highest BCUT2D eigenvalue weighted by Gasteiger charge is 2.08. The molecule has 2 N–H and O–H groups in total. The second-order valence-electron chi connectivity index (χ2n) is 3.41. The van der Waals surface area contributed by atoms with E-state index in [-0.39, 0.29) is 5.95 Å². The van der Waals surface area contributed by atoms with Crippen molar-refractivity contribution in [1.82, 2.24) is 20.3 Å². The highest BCUT2D eigenvalue weighted by Crippen LogP contribution is 2.32. The Hall–Kier alpha value is -1.48. The molecule has 0 fully saturated rings. The van der Waals surface area contributed by atoms with Gasteiger partial charge in [0.1, 0.15) is 5.75 Å². The predicted octanol–water partition coefficient (Wildman–Crippen LogP) is 2.06. The molecule has 0 aliphatic rings. The smallest absolute Gasteiger partial charge is 0.263 e. The van der Waals surface area contributed by atoms with Gasteiger partial charge in [-0.1, -0.05) is 25.8 Å². The van der Waals surface area contributed by atoms with Gasteiger partial charge < -0.3 is 10.5 Å². The van der Waals surface area contributed by atoms with Gasteiger partial charge in [-0.25, -0.2) is 0 Å². The Bertz CT molecular complexity index is 612. The van der Waals surface area contributed by atoms with Crippen molar-refractivity contribution in [2.24, 2.45) is 5.10 Å². The van der Waals surface area contributed by atoms with Crippen molar-refractivity contribution >= 4 is 44.0 Å². The van der Waals surface area contributed by atoms with Gasteiger partial charge in [0.05, 0.1) is 17.3 Å². The number of nitrogens with two attached hydrogens (primary N) is 1. The second kappa shape index (κ2) is 6.11. The van der Waals surface area contributed by atoms with Crippen LogP contribution in [0.25, 0.3) is 0 Å². The molecule has 1 aromatic heterocycles. The van der Waals surface area contributed by atoms with E-state index in [0.29, 0.717) is 12.4 Å². The van der Waals surface area contributed by atoms with Crippen molar-refractivity contribution < 1.29 is 4.74 Å². The number of aromatic nitrogens is 4. The van der Waals surface area contributed by atoms with Crippen LogP contribution in [0.4, 0.5) is 5.95 Å². The number of anilines is 1. The van der Waals surface area contributed by atoms with Crippen molar-refractivity contribution in [3.63, 3.8) is 0 Å². The summed E-state index contributed by atoms with van der Waals surface area (Å²) in [5, 5.41) is 14.6. The van der Waals surface area contributed by atoms with Crippen molar-refractivity contribution in [2.45, 2.75) is 6.92 Å². The summed E-state index contributed by atoms with van der Waals surface area (Å²) in [4.78, 5) is 1.13. The molecule has 0 bridgehead atoms. The molecule has 0 radical (unpaired) electrons. The van der Waals surface area contributed by atoms with Gasteiger partial charge in [-0.15, -0.1) is 0 Å². The maximum atomic E-state index is 5.57. The zero-order valence-corrected chi connectivity index (χ0v) is 13.1. The maximum absolute atomic E-state index is 5.57.